The molecule has 5 saturated carbocycles. The summed E-state index contributed by atoms with van der Waals surface area (Å²) in [5, 5.41) is 41.9. The standard InChI is InChI=1S/C39H56O6/c1-23(2)25-14-17-39(22-40)19-18-37(6)26(33(25)39)10-12-31-36(5)21-29(43)34(35(3,4)30(36)15-16-38(31,37)7)45-32(44)13-9-24-8-11-27(41)28(42)20-24/h8-9,11,13,20,25-26,29-31,33-34,40-43H,1,10,12,14-19,21-22H2,2-7H3. The van der Waals surface area contributed by atoms with Crippen LogP contribution in [0.15, 0.2) is 36.4 Å². The second-order valence-corrected chi connectivity index (χ2v) is 17.2. The number of rotatable bonds is 5. The van der Waals surface area contributed by atoms with Gasteiger partial charge in [0.25, 0.3) is 0 Å². The van der Waals surface area contributed by atoms with Gasteiger partial charge in [-0.15, -0.1) is 0 Å². The van der Waals surface area contributed by atoms with Crippen LogP contribution < -0.4 is 0 Å². The summed E-state index contributed by atoms with van der Waals surface area (Å²) in [6.07, 6.45) is 11.1. The first-order valence-corrected chi connectivity index (χ1v) is 17.4. The first-order valence-electron chi connectivity index (χ1n) is 17.4. The molecule has 6 rings (SSSR count). The summed E-state index contributed by atoms with van der Waals surface area (Å²) in [6.45, 7) is 18.9. The van der Waals surface area contributed by atoms with Crippen LogP contribution in [0.5, 0.6) is 11.5 Å². The molecule has 1 aromatic rings. The minimum atomic E-state index is -0.764. The third-order valence-corrected chi connectivity index (χ3v) is 15.1. The van der Waals surface area contributed by atoms with Gasteiger partial charge in [-0.2, -0.15) is 0 Å². The lowest BCUT2D eigenvalue weighted by atomic mass is 9.32. The number of fused-ring (bicyclic) bond motifs is 7. The molecule has 0 amide bonds. The van der Waals surface area contributed by atoms with Gasteiger partial charge >= 0.3 is 5.97 Å². The van der Waals surface area contributed by atoms with E-state index < -0.39 is 23.6 Å². The highest BCUT2D eigenvalue weighted by atomic mass is 16.6. The lowest BCUT2D eigenvalue weighted by Crippen LogP contribution is -2.68. The smallest absolute Gasteiger partial charge is 0.331 e. The lowest BCUT2D eigenvalue weighted by molar-refractivity contribution is -0.266. The van der Waals surface area contributed by atoms with Crippen molar-refractivity contribution in [3.63, 3.8) is 0 Å². The zero-order valence-electron chi connectivity index (χ0n) is 28.3. The number of carbonyl (C=O) groups is 1. The largest absolute Gasteiger partial charge is 0.504 e. The Bertz CT molecular complexity index is 1380. The zero-order valence-corrected chi connectivity index (χ0v) is 28.3. The van der Waals surface area contributed by atoms with E-state index in [2.05, 4.69) is 48.1 Å². The lowest BCUT2D eigenvalue weighted by Gasteiger charge is -2.73. The summed E-state index contributed by atoms with van der Waals surface area (Å²) in [7, 11) is 0. The van der Waals surface area contributed by atoms with Crippen LogP contribution in [0, 0.1) is 56.7 Å². The summed E-state index contributed by atoms with van der Waals surface area (Å²) in [6, 6.07) is 4.38. The molecule has 11 atom stereocenters. The molecule has 45 heavy (non-hydrogen) atoms. The summed E-state index contributed by atoms with van der Waals surface area (Å²) in [5.41, 5.74) is 1.69. The minimum absolute atomic E-state index is 0.0370. The van der Waals surface area contributed by atoms with Crippen molar-refractivity contribution in [2.75, 3.05) is 6.61 Å². The minimum Gasteiger partial charge on any atom is -0.504 e. The highest BCUT2D eigenvalue weighted by Gasteiger charge is 2.71. The number of aliphatic hydroxyl groups is 2. The number of hydrogen-bond donors (Lipinski definition) is 4. The molecule has 4 N–H and O–H groups in total. The Morgan fingerprint density at radius 1 is 0.956 bits per heavy atom. The van der Waals surface area contributed by atoms with Crippen LogP contribution in [0.4, 0.5) is 0 Å². The van der Waals surface area contributed by atoms with Crippen molar-refractivity contribution >= 4 is 12.0 Å². The number of hydrogen-bond acceptors (Lipinski definition) is 6. The second-order valence-electron chi connectivity index (χ2n) is 17.2. The zero-order chi connectivity index (χ0) is 32.7. The van der Waals surface area contributed by atoms with Gasteiger partial charge in [-0.3, -0.25) is 0 Å². The molecule has 5 aliphatic rings. The quantitative estimate of drug-likeness (QED) is 0.117. The third kappa shape index (κ3) is 4.66. The molecule has 5 fully saturated rings. The number of phenols is 2. The van der Waals surface area contributed by atoms with E-state index in [4.69, 9.17) is 4.74 Å². The Morgan fingerprint density at radius 3 is 2.36 bits per heavy atom. The van der Waals surface area contributed by atoms with Gasteiger partial charge < -0.3 is 25.2 Å². The predicted octanol–water partition coefficient (Wildman–Crippen LogP) is 7.64. The number of aromatic hydroxyl groups is 2. The fourth-order valence-corrected chi connectivity index (χ4v) is 12.9. The van der Waals surface area contributed by atoms with Crippen LogP contribution in [0.3, 0.4) is 0 Å². The fourth-order valence-electron chi connectivity index (χ4n) is 12.9. The van der Waals surface area contributed by atoms with Crippen LogP contribution in [0.2, 0.25) is 0 Å². The van der Waals surface area contributed by atoms with Crippen molar-refractivity contribution in [3.8, 4) is 11.5 Å². The molecule has 1 aromatic carbocycles. The van der Waals surface area contributed by atoms with Crippen molar-refractivity contribution in [2.45, 2.75) is 112 Å². The van der Waals surface area contributed by atoms with E-state index >= 15 is 0 Å². The topological polar surface area (TPSA) is 107 Å². The van der Waals surface area contributed by atoms with Gasteiger partial charge in [-0.1, -0.05) is 52.8 Å². The van der Waals surface area contributed by atoms with Crippen molar-refractivity contribution in [1.82, 2.24) is 0 Å². The third-order valence-electron chi connectivity index (χ3n) is 15.1. The van der Waals surface area contributed by atoms with E-state index in [9.17, 15) is 25.2 Å². The van der Waals surface area contributed by atoms with Crippen molar-refractivity contribution in [1.29, 1.82) is 0 Å². The van der Waals surface area contributed by atoms with Crippen LogP contribution in [0.25, 0.3) is 6.08 Å². The first-order chi connectivity index (χ1) is 21.0. The average Bonchev–Trinajstić information content (AvgIpc) is 3.36. The van der Waals surface area contributed by atoms with Crippen LogP contribution in [-0.2, 0) is 9.53 Å². The van der Waals surface area contributed by atoms with Gasteiger partial charge in [-0.05, 0) is 140 Å². The number of ether oxygens (including phenoxy) is 1. The molecular formula is C39H56O6. The normalized spacial score (nSPS) is 45.2. The van der Waals surface area contributed by atoms with E-state index in [1.807, 2.05) is 0 Å². The highest BCUT2D eigenvalue weighted by Crippen LogP contribution is 2.77. The van der Waals surface area contributed by atoms with Crippen molar-refractivity contribution in [3.05, 3.63) is 42.0 Å². The van der Waals surface area contributed by atoms with Gasteiger partial charge in [-0.25, -0.2) is 4.79 Å². The monoisotopic (exact) mass is 620 g/mol. The summed E-state index contributed by atoms with van der Waals surface area (Å²) in [5.74, 6) is 1.34. The molecule has 6 heteroatoms. The van der Waals surface area contributed by atoms with E-state index in [0.717, 1.165) is 44.9 Å². The molecule has 0 saturated heterocycles. The Balaban J connectivity index is 1.25. The molecule has 6 nitrogen and oxygen atoms in total. The Morgan fingerprint density at radius 2 is 1.69 bits per heavy atom. The fraction of sp³-hybridized carbons (Fsp3) is 0.718. The summed E-state index contributed by atoms with van der Waals surface area (Å²) in [4.78, 5) is 13.0. The molecule has 11 unspecified atom stereocenters. The Labute approximate surface area is 270 Å². The summed E-state index contributed by atoms with van der Waals surface area (Å²) < 4.78 is 6.04. The van der Waals surface area contributed by atoms with Crippen LogP contribution >= 0.6 is 0 Å². The molecule has 248 valence electrons. The van der Waals surface area contributed by atoms with Crippen molar-refractivity contribution < 1.29 is 30.0 Å². The number of phenolic OH excluding ortho intramolecular Hbond substituents is 2. The van der Waals surface area contributed by atoms with E-state index in [0.29, 0.717) is 48.2 Å². The van der Waals surface area contributed by atoms with Gasteiger partial charge in [0.1, 0.15) is 6.10 Å². The number of aliphatic hydroxyl groups excluding tert-OH is 2. The van der Waals surface area contributed by atoms with Gasteiger partial charge in [0.2, 0.25) is 0 Å². The molecule has 5 aliphatic carbocycles. The number of carbonyl (C=O) groups excluding carboxylic acids is 1. The second kappa shape index (κ2) is 10.9. The van der Waals surface area contributed by atoms with Gasteiger partial charge in [0.05, 0.1) is 6.10 Å². The van der Waals surface area contributed by atoms with Crippen molar-refractivity contribution in [2.24, 2.45) is 56.7 Å². The molecule has 0 aromatic heterocycles. The van der Waals surface area contributed by atoms with Gasteiger partial charge in [0.15, 0.2) is 11.5 Å². The maximum absolute atomic E-state index is 13.0. The number of benzene rings is 1. The van der Waals surface area contributed by atoms with Crippen LogP contribution in [0.1, 0.15) is 105 Å². The maximum atomic E-state index is 13.0. The van der Waals surface area contributed by atoms with E-state index in [-0.39, 0.29) is 33.2 Å². The van der Waals surface area contributed by atoms with E-state index in [1.54, 1.807) is 12.1 Å². The molecular weight excluding hydrogens is 564 g/mol. The molecule has 0 heterocycles. The Kier molecular flexibility index (Phi) is 7.88. The Hall–Kier alpha value is -2.31. The molecule has 0 aliphatic heterocycles. The first kappa shape index (κ1) is 32.6. The average molecular weight is 621 g/mol. The predicted molar refractivity (Wildman–Crippen MR) is 176 cm³/mol. The molecule has 0 spiro atoms. The summed E-state index contributed by atoms with van der Waals surface area (Å²) >= 11 is 0. The highest BCUT2D eigenvalue weighted by molar-refractivity contribution is 5.87. The number of esters is 1. The van der Waals surface area contributed by atoms with Gasteiger partial charge in [0, 0.05) is 18.1 Å². The van der Waals surface area contributed by atoms with E-state index in [1.165, 1.54) is 30.2 Å². The van der Waals surface area contributed by atoms with Crippen LogP contribution in [-0.4, -0.2) is 45.2 Å². The molecule has 0 bridgehead atoms. The molecule has 0 radical (unpaired) electrons. The number of allylic oxidation sites excluding steroid dienone is 1. The maximum Gasteiger partial charge on any atom is 0.331 e. The SMILES string of the molecule is C=C(C)C1CCC2(CO)CCC3(C)C(CCC4C5(C)CC(O)C(OC(=O)C=Cc6ccc(O)c(O)c6)C(C)(C)C5CCC43C)C12.